The van der Waals surface area contributed by atoms with Gasteiger partial charge in [-0.1, -0.05) is 35.5 Å². The van der Waals surface area contributed by atoms with Crippen molar-refractivity contribution in [1.29, 1.82) is 0 Å². The second kappa shape index (κ2) is 4.18. The molecule has 0 bridgehead atoms. The Balaban J connectivity index is 1.92. The molecule has 3 aromatic heterocycles. The van der Waals surface area contributed by atoms with Crippen molar-refractivity contribution >= 4 is 32.7 Å². The Morgan fingerprint density at radius 3 is 2.59 bits per heavy atom. The normalized spacial score (nSPS) is 11.6. The summed E-state index contributed by atoms with van der Waals surface area (Å²) in [6, 6.07) is 18.1. The number of aromatic nitrogens is 3. The van der Waals surface area contributed by atoms with E-state index in [4.69, 9.17) is 4.52 Å². The van der Waals surface area contributed by atoms with Crippen molar-refractivity contribution in [1.82, 2.24) is 15.1 Å². The lowest BCUT2D eigenvalue weighted by atomic mass is 10.1. The predicted molar refractivity (Wildman–Crippen MR) is 86.6 cm³/mol. The van der Waals surface area contributed by atoms with Gasteiger partial charge in [-0.2, -0.15) is 0 Å². The minimum atomic E-state index is 0.702. The van der Waals surface area contributed by atoms with E-state index in [2.05, 4.69) is 27.3 Å². The van der Waals surface area contributed by atoms with Crippen LogP contribution in [0.1, 0.15) is 0 Å². The number of benzene rings is 2. The van der Waals surface area contributed by atoms with Crippen LogP contribution in [0.5, 0.6) is 0 Å². The zero-order valence-corrected chi connectivity index (χ0v) is 11.6. The molecule has 0 radical (unpaired) electrons. The van der Waals surface area contributed by atoms with Crippen LogP contribution in [-0.4, -0.2) is 15.1 Å². The molecule has 0 amide bonds. The Kier molecular flexibility index (Phi) is 2.19. The van der Waals surface area contributed by atoms with Crippen LogP contribution < -0.4 is 0 Å². The van der Waals surface area contributed by atoms with Crippen LogP contribution >= 0.6 is 0 Å². The maximum atomic E-state index is 5.57. The lowest BCUT2D eigenvalue weighted by Gasteiger charge is -1.98. The van der Waals surface area contributed by atoms with Gasteiger partial charge in [0.05, 0.1) is 10.9 Å². The highest BCUT2D eigenvalue weighted by atomic mass is 16.5. The smallest absolute Gasteiger partial charge is 0.195 e. The number of nitrogens with one attached hydrogen (secondary N) is 1. The van der Waals surface area contributed by atoms with Crippen LogP contribution in [0.3, 0.4) is 0 Å². The number of hydrogen-bond acceptors (Lipinski definition) is 3. The van der Waals surface area contributed by atoms with Crippen molar-refractivity contribution in [2.45, 2.75) is 0 Å². The van der Waals surface area contributed by atoms with Crippen molar-refractivity contribution in [2.75, 3.05) is 0 Å². The molecule has 0 fully saturated rings. The number of hydrogen-bond donors (Lipinski definition) is 1. The number of pyridine rings is 1. The van der Waals surface area contributed by atoms with E-state index in [1.165, 1.54) is 5.39 Å². The molecule has 104 valence electrons. The van der Waals surface area contributed by atoms with E-state index in [0.717, 1.165) is 33.0 Å². The Morgan fingerprint density at radius 1 is 0.818 bits per heavy atom. The minimum Gasteiger partial charge on any atom is -0.353 e. The maximum Gasteiger partial charge on any atom is 0.195 e. The molecule has 1 N–H and O–H groups in total. The standard InChI is InChI=1S/C18H11N3O/c1-3-7-14-11(5-1)12-9-10-19-17(16(12)20-14)18-13-6-2-4-8-15(13)21-22-18/h1-10,20H. The Morgan fingerprint density at radius 2 is 1.64 bits per heavy atom. The number of aromatic amines is 1. The zero-order chi connectivity index (χ0) is 14.5. The van der Waals surface area contributed by atoms with Crippen molar-refractivity contribution < 1.29 is 4.52 Å². The molecule has 22 heavy (non-hydrogen) atoms. The molecule has 0 saturated heterocycles. The highest BCUT2D eigenvalue weighted by Gasteiger charge is 2.16. The molecule has 5 rings (SSSR count). The summed E-state index contributed by atoms with van der Waals surface area (Å²) in [5.41, 5.74) is 3.70. The zero-order valence-electron chi connectivity index (χ0n) is 11.6. The predicted octanol–water partition coefficient (Wildman–Crippen LogP) is 4.52. The molecule has 0 aliphatic rings. The van der Waals surface area contributed by atoms with Gasteiger partial charge in [-0.15, -0.1) is 0 Å². The molecule has 0 unspecified atom stereocenters. The number of nitrogens with zero attached hydrogens (tertiary/aromatic N) is 2. The second-order valence-electron chi connectivity index (χ2n) is 5.28. The molecule has 0 spiro atoms. The van der Waals surface area contributed by atoms with Crippen LogP contribution in [0.4, 0.5) is 0 Å². The highest BCUT2D eigenvalue weighted by molar-refractivity contribution is 6.12. The topological polar surface area (TPSA) is 54.7 Å². The number of para-hydroxylation sites is 1. The molecule has 0 aliphatic heterocycles. The summed E-state index contributed by atoms with van der Waals surface area (Å²) in [5, 5.41) is 7.43. The van der Waals surface area contributed by atoms with Crippen LogP contribution in [0.2, 0.25) is 0 Å². The van der Waals surface area contributed by atoms with Crippen molar-refractivity contribution in [3.63, 3.8) is 0 Å². The summed E-state index contributed by atoms with van der Waals surface area (Å²) in [6.07, 6.45) is 1.81. The fourth-order valence-corrected chi connectivity index (χ4v) is 3.01. The molecule has 0 atom stereocenters. The molecule has 5 aromatic rings. The molecule has 2 aromatic carbocycles. The number of fused-ring (bicyclic) bond motifs is 4. The average molecular weight is 285 g/mol. The van der Waals surface area contributed by atoms with Gasteiger partial charge in [-0.25, -0.2) is 0 Å². The van der Waals surface area contributed by atoms with E-state index in [1.807, 2.05) is 48.7 Å². The molecular formula is C18H11N3O. The molecule has 4 nitrogen and oxygen atoms in total. The van der Waals surface area contributed by atoms with Crippen molar-refractivity contribution in [3.05, 3.63) is 60.8 Å². The van der Waals surface area contributed by atoms with E-state index >= 15 is 0 Å². The van der Waals surface area contributed by atoms with E-state index in [1.54, 1.807) is 0 Å². The van der Waals surface area contributed by atoms with Crippen LogP contribution in [0.25, 0.3) is 44.2 Å². The summed E-state index contributed by atoms with van der Waals surface area (Å²) < 4.78 is 5.57. The average Bonchev–Trinajstić information content (AvgIpc) is 3.16. The number of rotatable bonds is 1. The van der Waals surface area contributed by atoms with Crippen LogP contribution in [0.15, 0.2) is 65.3 Å². The van der Waals surface area contributed by atoms with Gasteiger partial charge >= 0.3 is 0 Å². The van der Waals surface area contributed by atoms with E-state index in [9.17, 15) is 0 Å². The minimum absolute atomic E-state index is 0.702. The molecular weight excluding hydrogens is 274 g/mol. The highest BCUT2D eigenvalue weighted by Crippen LogP contribution is 2.34. The summed E-state index contributed by atoms with van der Waals surface area (Å²) in [7, 11) is 0. The monoisotopic (exact) mass is 285 g/mol. The third kappa shape index (κ3) is 1.46. The first kappa shape index (κ1) is 11.5. The SMILES string of the molecule is c1ccc2c(-c3nccc4c3[nH]c3ccccc34)onc2c1. The first-order valence-electron chi connectivity index (χ1n) is 7.12. The first-order chi connectivity index (χ1) is 10.9. The van der Waals surface area contributed by atoms with E-state index < -0.39 is 0 Å². The van der Waals surface area contributed by atoms with Crippen molar-refractivity contribution in [3.8, 4) is 11.5 Å². The first-order valence-corrected chi connectivity index (χ1v) is 7.12. The second-order valence-corrected chi connectivity index (χ2v) is 5.28. The fraction of sp³-hybridized carbons (Fsp3) is 0. The summed E-state index contributed by atoms with van der Waals surface area (Å²) in [5.74, 6) is 0.702. The maximum absolute atomic E-state index is 5.57. The van der Waals surface area contributed by atoms with Gasteiger partial charge in [0, 0.05) is 22.5 Å². The van der Waals surface area contributed by atoms with Gasteiger partial charge in [-0.05, 0) is 24.3 Å². The van der Waals surface area contributed by atoms with Gasteiger partial charge in [0.1, 0.15) is 11.2 Å². The lowest BCUT2D eigenvalue weighted by Crippen LogP contribution is -1.83. The Hall–Kier alpha value is -3.14. The van der Waals surface area contributed by atoms with Gasteiger partial charge in [0.15, 0.2) is 5.76 Å². The van der Waals surface area contributed by atoms with Crippen LogP contribution in [-0.2, 0) is 0 Å². The quantitative estimate of drug-likeness (QED) is 0.492. The van der Waals surface area contributed by atoms with Gasteiger partial charge in [0.25, 0.3) is 0 Å². The Labute approximate surface area is 125 Å². The number of H-pyrrole nitrogens is 1. The summed E-state index contributed by atoms with van der Waals surface area (Å²) in [4.78, 5) is 7.98. The molecule has 0 aliphatic carbocycles. The van der Waals surface area contributed by atoms with Crippen molar-refractivity contribution in [2.24, 2.45) is 0 Å². The van der Waals surface area contributed by atoms with E-state index in [-0.39, 0.29) is 0 Å². The van der Waals surface area contributed by atoms with Gasteiger partial charge in [0.2, 0.25) is 0 Å². The molecule has 4 heteroatoms. The van der Waals surface area contributed by atoms with Gasteiger partial charge in [-0.3, -0.25) is 4.98 Å². The Bertz CT molecular complexity index is 1140. The molecule has 0 saturated carbocycles. The summed E-state index contributed by atoms with van der Waals surface area (Å²) in [6.45, 7) is 0. The lowest BCUT2D eigenvalue weighted by molar-refractivity contribution is 0.440. The molecule has 3 heterocycles. The fourth-order valence-electron chi connectivity index (χ4n) is 3.01. The van der Waals surface area contributed by atoms with Crippen LogP contribution in [0, 0.1) is 0 Å². The largest absolute Gasteiger partial charge is 0.353 e. The third-order valence-corrected chi connectivity index (χ3v) is 4.03. The summed E-state index contributed by atoms with van der Waals surface area (Å²) >= 11 is 0. The van der Waals surface area contributed by atoms with E-state index in [0.29, 0.717) is 5.76 Å². The third-order valence-electron chi connectivity index (χ3n) is 4.03. The van der Waals surface area contributed by atoms with Gasteiger partial charge < -0.3 is 9.51 Å².